The first-order valence-electron chi connectivity index (χ1n) is 6.08. The number of hydrogen-bond acceptors (Lipinski definition) is 2. The van der Waals surface area contributed by atoms with Crippen LogP contribution in [-0.2, 0) is 0 Å². The second-order valence-corrected chi connectivity index (χ2v) is 5.36. The molecule has 0 bridgehead atoms. The topological polar surface area (TPSA) is 12.0 Å². The van der Waals surface area contributed by atoms with Gasteiger partial charge in [-0.05, 0) is 38.5 Å². The second-order valence-electron chi connectivity index (χ2n) is 4.28. The van der Waals surface area contributed by atoms with Crippen LogP contribution in [-0.4, -0.2) is 24.1 Å². The van der Waals surface area contributed by atoms with Crippen LogP contribution in [0.15, 0.2) is 0 Å². The van der Waals surface area contributed by atoms with Gasteiger partial charge in [0.05, 0.1) is 0 Å². The van der Waals surface area contributed by atoms with Crippen LogP contribution in [0.1, 0.15) is 44.9 Å². The third kappa shape index (κ3) is 4.95. The van der Waals surface area contributed by atoms with E-state index in [1.54, 1.807) is 0 Å². The van der Waals surface area contributed by atoms with E-state index in [0.717, 1.165) is 24.3 Å². The molecular weight excluding hydrogens is 202 g/mol. The van der Waals surface area contributed by atoms with E-state index >= 15 is 0 Å². The molecule has 0 radical (unpaired) electrons. The maximum atomic E-state index is 5.22. The highest BCUT2D eigenvalue weighted by Gasteiger charge is 2.23. The van der Waals surface area contributed by atoms with Crippen molar-refractivity contribution in [1.29, 1.82) is 0 Å². The van der Waals surface area contributed by atoms with Crippen molar-refractivity contribution in [2.45, 2.75) is 56.2 Å². The first-order valence-corrected chi connectivity index (χ1v) is 7.37. The molecule has 1 saturated carbocycles. The summed E-state index contributed by atoms with van der Waals surface area (Å²) in [5.74, 6) is 2.69. The van der Waals surface area contributed by atoms with Crippen molar-refractivity contribution in [3.63, 3.8) is 0 Å². The average Bonchev–Trinajstić information content (AvgIpc) is 2.29. The molecule has 0 aromatic carbocycles. The van der Waals surface area contributed by atoms with Crippen LogP contribution in [0.2, 0.25) is 0 Å². The lowest BCUT2D eigenvalue weighted by Gasteiger charge is -2.31. The summed E-state index contributed by atoms with van der Waals surface area (Å²) in [4.78, 5) is 0. The zero-order valence-corrected chi connectivity index (χ0v) is 10.6. The van der Waals surface area contributed by atoms with E-state index in [2.05, 4.69) is 17.5 Å². The van der Waals surface area contributed by atoms with Crippen molar-refractivity contribution < 1.29 is 0 Å². The van der Waals surface area contributed by atoms with E-state index < -0.39 is 0 Å². The molecule has 0 spiro atoms. The SMILES string of the molecule is C#CCCCCNC1CCCCC1SC. The van der Waals surface area contributed by atoms with Gasteiger partial charge in [0.25, 0.3) is 0 Å². The van der Waals surface area contributed by atoms with E-state index in [9.17, 15) is 0 Å². The summed E-state index contributed by atoms with van der Waals surface area (Å²) < 4.78 is 0. The Morgan fingerprint density at radius 2 is 2.13 bits per heavy atom. The van der Waals surface area contributed by atoms with Gasteiger partial charge in [0, 0.05) is 17.7 Å². The summed E-state index contributed by atoms with van der Waals surface area (Å²) in [6.07, 6.45) is 16.4. The minimum absolute atomic E-state index is 0.750. The lowest BCUT2D eigenvalue weighted by Crippen LogP contribution is -2.40. The van der Waals surface area contributed by atoms with Gasteiger partial charge in [-0.2, -0.15) is 11.8 Å². The predicted octanol–water partition coefficient (Wildman–Crippen LogP) is 3.05. The first-order chi connectivity index (χ1) is 7.38. The second kappa shape index (κ2) is 8.07. The molecule has 1 nitrogen and oxygen atoms in total. The van der Waals surface area contributed by atoms with Crippen molar-refractivity contribution in [1.82, 2.24) is 5.32 Å². The Hall–Kier alpha value is -0.130. The van der Waals surface area contributed by atoms with E-state index in [1.165, 1.54) is 38.5 Å². The van der Waals surface area contributed by atoms with Crippen LogP contribution in [0.4, 0.5) is 0 Å². The van der Waals surface area contributed by atoms with Crippen LogP contribution in [0.3, 0.4) is 0 Å². The Balaban J connectivity index is 2.10. The van der Waals surface area contributed by atoms with Gasteiger partial charge in [-0.15, -0.1) is 12.3 Å². The zero-order valence-electron chi connectivity index (χ0n) is 9.80. The van der Waals surface area contributed by atoms with Gasteiger partial charge in [0.15, 0.2) is 0 Å². The lowest BCUT2D eigenvalue weighted by atomic mass is 9.95. The fourth-order valence-corrected chi connectivity index (χ4v) is 3.22. The maximum absolute atomic E-state index is 5.22. The first kappa shape index (κ1) is 12.9. The molecule has 1 rings (SSSR count). The number of unbranched alkanes of at least 4 members (excludes halogenated alkanes) is 2. The van der Waals surface area contributed by atoms with Crippen molar-refractivity contribution in [3.8, 4) is 12.3 Å². The molecule has 0 saturated heterocycles. The molecule has 0 amide bonds. The van der Waals surface area contributed by atoms with Gasteiger partial charge >= 0.3 is 0 Å². The summed E-state index contributed by atoms with van der Waals surface area (Å²) in [5.41, 5.74) is 0. The summed E-state index contributed by atoms with van der Waals surface area (Å²) >= 11 is 2.03. The number of nitrogens with one attached hydrogen (secondary N) is 1. The normalized spacial score (nSPS) is 26.1. The number of terminal acetylenes is 1. The van der Waals surface area contributed by atoms with E-state index in [0.29, 0.717) is 0 Å². The van der Waals surface area contributed by atoms with Crippen LogP contribution in [0.25, 0.3) is 0 Å². The van der Waals surface area contributed by atoms with Gasteiger partial charge in [-0.25, -0.2) is 0 Å². The molecule has 86 valence electrons. The quantitative estimate of drug-likeness (QED) is 0.551. The number of hydrogen-bond donors (Lipinski definition) is 1. The highest BCUT2D eigenvalue weighted by molar-refractivity contribution is 7.99. The van der Waals surface area contributed by atoms with Crippen LogP contribution in [0.5, 0.6) is 0 Å². The Bertz CT molecular complexity index is 197. The fourth-order valence-electron chi connectivity index (χ4n) is 2.25. The van der Waals surface area contributed by atoms with Crippen molar-refractivity contribution in [2.24, 2.45) is 0 Å². The summed E-state index contributed by atoms with van der Waals surface area (Å²) in [6, 6.07) is 0.750. The Morgan fingerprint density at radius 3 is 2.87 bits per heavy atom. The third-order valence-electron chi connectivity index (χ3n) is 3.16. The van der Waals surface area contributed by atoms with Gasteiger partial charge in [0.1, 0.15) is 0 Å². The van der Waals surface area contributed by atoms with Crippen molar-refractivity contribution >= 4 is 11.8 Å². The van der Waals surface area contributed by atoms with Gasteiger partial charge in [-0.3, -0.25) is 0 Å². The van der Waals surface area contributed by atoms with E-state index in [4.69, 9.17) is 6.42 Å². The summed E-state index contributed by atoms with van der Waals surface area (Å²) in [5, 5.41) is 4.53. The minimum atomic E-state index is 0.750. The molecule has 0 heterocycles. The molecule has 2 atom stereocenters. The Labute approximate surface area is 98.8 Å². The fraction of sp³-hybridized carbons (Fsp3) is 0.846. The minimum Gasteiger partial charge on any atom is -0.313 e. The molecule has 0 aromatic rings. The third-order valence-corrected chi connectivity index (χ3v) is 4.33. The van der Waals surface area contributed by atoms with Crippen molar-refractivity contribution in [2.75, 3.05) is 12.8 Å². The highest BCUT2D eigenvalue weighted by Crippen LogP contribution is 2.26. The maximum Gasteiger partial charge on any atom is 0.0198 e. The average molecular weight is 225 g/mol. The van der Waals surface area contributed by atoms with Gasteiger partial charge < -0.3 is 5.32 Å². The molecule has 2 heteroatoms. The monoisotopic (exact) mass is 225 g/mol. The van der Waals surface area contributed by atoms with E-state index in [-0.39, 0.29) is 0 Å². The van der Waals surface area contributed by atoms with Gasteiger partial charge in [-0.1, -0.05) is 12.8 Å². The van der Waals surface area contributed by atoms with Crippen molar-refractivity contribution in [3.05, 3.63) is 0 Å². The lowest BCUT2D eigenvalue weighted by molar-refractivity contribution is 0.381. The Morgan fingerprint density at radius 1 is 1.33 bits per heavy atom. The molecule has 1 N–H and O–H groups in total. The van der Waals surface area contributed by atoms with Crippen LogP contribution >= 0.6 is 11.8 Å². The molecule has 2 unspecified atom stereocenters. The predicted molar refractivity (Wildman–Crippen MR) is 70.2 cm³/mol. The molecule has 0 aromatic heterocycles. The highest BCUT2D eigenvalue weighted by atomic mass is 32.2. The molecular formula is C13H23NS. The van der Waals surface area contributed by atoms with Crippen LogP contribution < -0.4 is 5.32 Å². The Kier molecular flexibility index (Phi) is 6.96. The number of rotatable bonds is 6. The molecule has 1 aliphatic carbocycles. The molecule has 15 heavy (non-hydrogen) atoms. The molecule has 0 aliphatic heterocycles. The zero-order chi connectivity index (χ0) is 10.9. The molecule has 1 aliphatic rings. The van der Waals surface area contributed by atoms with E-state index in [1.807, 2.05) is 11.8 Å². The van der Waals surface area contributed by atoms with Gasteiger partial charge in [0.2, 0.25) is 0 Å². The number of thioether (sulfide) groups is 1. The summed E-state index contributed by atoms with van der Waals surface area (Å²) in [7, 11) is 0. The largest absolute Gasteiger partial charge is 0.313 e. The molecule has 1 fully saturated rings. The summed E-state index contributed by atoms with van der Waals surface area (Å²) in [6.45, 7) is 1.14. The van der Waals surface area contributed by atoms with Crippen LogP contribution in [0, 0.1) is 12.3 Å². The smallest absolute Gasteiger partial charge is 0.0198 e. The standard InChI is InChI=1S/C13H23NS/c1-3-4-5-8-11-14-12-9-6-7-10-13(12)15-2/h1,12-14H,4-11H2,2H3.